The number of carbonyl (C=O) groups is 1. The Morgan fingerprint density at radius 2 is 2.29 bits per heavy atom. The number of rotatable bonds is 8. The number of fused-ring (bicyclic) bond motifs is 1. The van der Waals surface area contributed by atoms with Gasteiger partial charge in [0.15, 0.2) is 11.5 Å². The summed E-state index contributed by atoms with van der Waals surface area (Å²) in [5.74, 6) is 1.31. The number of aromatic amines is 1. The molecule has 11 heteroatoms. The fourth-order valence-electron chi connectivity index (χ4n) is 4.45. The number of carbonyl (C=O) groups excluding carboxylic acids is 1. The van der Waals surface area contributed by atoms with Crippen LogP contribution in [0.5, 0.6) is 0 Å². The van der Waals surface area contributed by atoms with Gasteiger partial charge in [0.05, 0.1) is 5.69 Å². The van der Waals surface area contributed by atoms with Crippen molar-refractivity contribution in [3.05, 3.63) is 35.4 Å². The Labute approximate surface area is 196 Å². The van der Waals surface area contributed by atoms with Crippen molar-refractivity contribution in [1.29, 1.82) is 5.26 Å². The van der Waals surface area contributed by atoms with Gasteiger partial charge >= 0.3 is 6.09 Å². The monoisotopic (exact) mass is 464 g/mol. The average Bonchev–Trinajstić information content (AvgIpc) is 3.26. The largest absolute Gasteiger partial charge is 0.446 e. The normalized spacial score (nSPS) is 20.7. The first-order valence-electron chi connectivity index (χ1n) is 11.7. The van der Waals surface area contributed by atoms with E-state index in [0.717, 1.165) is 37.8 Å². The molecule has 4 N–H and O–H groups in total. The van der Waals surface area contributed by atoms with Crippen molar-refractivity contribution < 1.29 is 14.6 Å². The molecule has 34 heavy (non-hydrogen) atoms. The molecule has 11 nitrogen and oxygen atoms in total. The highest BCUT2D eigenvalue weighted by atomic mass is 16.6. The number of alkyl carbamates (subject to hydrolysis) is 1. The minimum Gasteiger partial charge on any atom is -0.446 e. The second kappa shape index (κ2) is 8.95. The molecule has 3 aromatic rings. The SMILES string of the molecule is CC1(NC(=O)OC2CCC(c3cc(Nc4nc(CCCO)c(C#N)c5nccn45)n[nH]3)C2)CC1. The van der Waals surface area contributed by atoms with Gasteiger partial charge in [-0.3, -0.25) is 9.50 Å². The van der Waals surface area contributed by atoms with Gasteiger partial charge in [0.1, 0.15) is 17.7 Å². The first-order chi connectivity index (χ1) is 16.5. The molecule has 1 amide bonds. The van der Waals surface area contributed by atoms with E-state index >= 15 is 0 Å². The molecular weight excluding hydrogens is 436 g/mol. The summed E-state index contributed by atoms with van der Waals surface area (Å²) >= 11 is 0. The first-order valence-corrected chi connectivity index (χ1v) is 11.7. The molecule has 2 fully saturated rings. The third-order valence-electron chi connectivity index (χ3n) is 6.64. The standard InChI is InChI=1S/C23H28N8O3/c1-23(6-7-23)28-22(33)34-15-5-4-14(11-15)18-12-19(30-29-18)27-21-26-17(3-2-10-32)16(13-24)20-25-8-9-31(20)21/h8-9,12,14-15,32H,2-7,10-11H2,1H3,(H,28,33)(H2,26,27,29,30). The lowest BCUT2D eigenvalue weighted by molar-refractivity contribution is 0.0967. The number of imidazole rings is 1. The Bertz CT molecular complexity index is 1240. The van der Waals surface area contributed by atoms with Crippen molar-refractivity contribution in [2.75, 3.05) is 11.9 Å². The summed E-state index contributed by atoms with van der Waals surface area (Å²) in [5, 5.41) is 32.4. The van der Waals surface area contributed by atoms with E-state index in [-0.39, 0.29) is 30.3 Å². The van der Waals surface area contributed by atoms with Crippen molar-refractivity contribution in [2.24, 2.45) is 0 Å². The van der Waals surface area contributed by atoms with E-state index in [1.54, 1.807) is 16.8 Å². The number of nitriles is 1. The summed E-state index contributed by atoms with van der Waals surface area (Å²) in [6.07, 6.45) is 8.38. The number of aliphatic hydroxyl groups excluding tert-OH is 1. The third kappa shape index (κ3) is 4.54. The van der Waals surface area contributed by atoms with Crippen LogP contribution < -0.4 is 10.6 Å². The Balaban J connectivity index is 1.27. The van der Waals surface area contributed by atoms with Crippen molar-refractivity contribution >= 4 is 23.5 Å². The van der Waals surface area contributed by atoms with Crippen LogP contribution in [-0.2, 0) is 11.2 Å². The molecule has 0 aromatic carbocycles. The predicted octanol–water partition coefficient (Wildman–Crippen LogP) is 2.91. The minimum absolute atomic E-state index is 0.0186. The van der Waals surface area contributed by atoms with Gasteiger partial charge in [-0.05, 0) is 51.9 Å². The van der Waals surface area contributed by atoms with Crippen LogP contribution in [0.2, 0.25) is 0 Å². The molecule has 3 heterocycles. The van der Waals surface area contributed by atoms with Gasteiger partial charge in [-0.1, -0.05) is 0 Å². The zero-order valence-electron chi connectivity index (χ0n) is 19.0. The number of ether oxygens (including phenoxy) is 1. The summed E-state index contributed by atoms with van der Waals surface area (Å²) < 4.78 is 7.34. The van der Waals surface area contributed by atoms with Crippen LogP contribution in [0, 0.1) is 11.3 Å². The predicted molar refractivity (Wildman–Crippen MR) is 123 cm³/mol. The Hall–Kier alpha value is -3.65. The number of H-pyrrole nitrogens is 1. The molecule has 0 aliphatic heterocycles. The quantitative estimate of drug-likeness (QED) is 0.397. The van der Waals surface area contributed by atoms with Crippen LogP contribution in [0.1, 0.15) is 68.3 Å². The molecule has 0 spiro atoms. The fourth-order valence-corrected chi connectivity index (χ4v) is 4.45. The molecule has 0 radical (unpaired) electrons. The maximum absolute atomic E-state index is 12.1. The van der Waals surface area contributed by atoms with E-state index in [1.165, 1.54) is 0 Å². The number of aromatic nitrogens is 5. The highest BCUT2D eigenvalue weighted by Gasteiger charge is 2.40. The summed E-state index contributed by atoms with van der Waals surface area (Å²) in [4.78, 5) is 21.0. The maximum atomic E-state index is 12.1. The number of hydrogen-bond donors (Lipinski definition) is 4. The number of anilines is 2. The van der Waals surface area contributed by atoms with Gasteiger partial charge in [0.25, 0.3) is 0 Å². The second-order valence-electron chi connectivity index (χ2n) is 9.37. The summed E-state index contributed by atoms with van der Waals surface area (Å²) in [6.45, 7) is 2.05. The van der Waals surface area contributed by atoms with Gasteiger partial charge < -0.3 is 20.5 Å². The molecule has 178 valence electrons. The van der Waals surface area contributed by atoms with Gasteiger partial charge in [-0.15, -0.1) is 0 Å². The number of aliphatic hydroxyl groups is 1. The number of aryl methyl sites for hydroxylation is 1. The van der Waals surface area contributed by atoms with E-state index in [9.17, 15) is 15.2 Å². The molecule has 2 aliphatic rings. The number of hydrogen-bond acceptors (Lipinski definition) is 8. The van der Waals surface area contributed by atoms with Crippen LogP contribution in [0.3, 0.4) is 0 Å². The van der Waals surface area contributed by atoms with Gasteiger partial charge in [-0.25, -0.2) is 14.8 Å². The molecule has 5 rings (SSSR count). The molecule has 2 atom stereocenters. The molecule has 2 unspecified atom stereocenters. The Morgan fingerprint density at radius 1 is 1.44 bits per heavy atom. The van der Waals surface area contributed by atoms with Gasteiger partial charge in [0.2, 0.25) is 5.95 Å². The molecular formula is C23H28N8O3. The summed E-state index contributed by atoms with van der Waals surface area (Å²) in [6, 6.07) is 4.12. The molecule has 0 bridgehead atoms. The van der Waals surface area contributed by atoms with E-state index < -0.39 is 0 Å². The van der Waals surface area contributed by atoms with Crippen molar-refractivity contribution in [1.82, 2.24) is 29.9 Å². The molecule has 3 aromatic heterocycles. The summed E-state index contributed by atoms with van der Waals surface area (Å²) in [5.41, 5.74) is 2.39. The van der Waals surface area contributed by atoms with Crippen LogP contribution in [0.15, 0.2) is 18.5 Å². The zero-order chi connectivity index (χ0) is 23.7. The second-order valence-corrected chi connectivity index (χ2v) is 9.37. The third-order valence-corrected chi connectivity index (χ3v) is 6.64. The molecule has 0 saturated heterocycles. The lowest BCUT2D eigenvalue weighted by Gasteiger charge is -2.16. The summed E-state index contributed by atoms with van der Waals surface area (Å²) in [7, 11) is 0. The molecule has 2 saturated carbocycles. The van der Waals surface area contributed by atoms with Crippen LogP contribution >= 0.6 is 0 Å². The number of nitrogens with one attached hydrogen (secondary N) is 3. The highest BCUT2D eigenvalue weighted by Crippen LogP contribution is 2.37. The van der Waals surface area contributed by atoms with Crippen LogP contribution in [-0.4, -0.2) is 54.0 Å². The highest BCUT2D eigenvalue weighted by molar-refractivity contribution is 5.69. The number of nitrogens with zero attached hydrogens (tertiary/aromatic N) is 5. The average molecular weight is 465 g/mol. The van der Waals surface area contributed by atoms with E-state index in [4.69, 9.17) is 4.74 Å². The van der Waals surface area contributed by atoms with E-state index in [1.807, 2.05) is 13.0 Å². The maximum Gasteiger partial charge on any atom is 0.407 e. The smallest absolute Gasteiger partial charge is 0.407 e. The lowest BCUT2D eigenvalue weighted by atomic mass is 10.0. The van der Waals surface area contributed by atoms with Crippen LogP contribution in [0.25, 0.3) is 5.65 Å². The Kier molecular flexibility index (Phi) is 5.83. The topological polar surface area (TPSA) is 153 Å². The van der Waals surface area contributed by atoms with Crippen molar-refractivity contribution in [3.63, 3.8) is 0 Å². The van der Waals surface area contributed by atoms with Crippen molar-refractivity contribution in [2.45, 2.75) is 69.4 Å². The lowest BCUT2D eigenvalue weighted by Crippen LogP contribution is -2.36. The first kappa shape index (κ1) is 22.2. The minimum atomic E-state index is -0.328. The van der Waals surface area contributed by atoms with E-state index in [2.05, 4.69) is 36.9 Å². The Morgan fingerprint density at radius 3 is 3.06 bits per heavy atom. The zero-order valence-corrected chi connectivity index (χ0v) is 19.0. The number of amides is 1. The van der Waals surface area contributed by atoms with Crippen LogP contribution in [0.4, 0.5) is 16.6 Å². The van der Waals surface area contributed by atoms with Gasteiger partial charge in [0, 0.05) is 42.2 Å². The van der Waals surface area contributed by atoms with E-state index in [0.29, 0.717) is 41.5 Å². The van der Waals surface area contributed by atoms with Gasteiger partial charge in [-0.2, -0.15) is 10.4 Å². The molecule has 2 aliphatic carbocycles. The van der Waals surface area contributed by atoms with Crippen molar-refractivity contribution in [3.8, 4) is 6.07 Å². The fraction of sp³-hybridized carbons (Fsp3) is 0.522.